The van der Waals surface area contributed by atoms with Crippen molar-refractivity contribution in [2.24, 2.45) is 5.92 Å². The van der Waals surface area contributed by atoms with Crippen molar-refractivity contribution in [3.05, 3.63) is 48.0 Å². The molecule has 0 saturated carbocycles. The molecule has 0 amide bonds. The quantitative estimate of drug-likeness (QED) is 0.740. The second-order valence-corrected chi connectivity index (χ2v) is 6.87. The lowest BCUT2D eigenvalue weighted by atomic mass is 10.2. The number of morpholine rings is 1. The Kier molecular flexibility index (Phi) is 6.00. The molecule has 2 aromatic rings. The molecule has 3 rings (SSSR count). The van der Waals surface area contributed by atoms with E-state index in [0.29, 0.717) is 18.2 Å². The lowest BCUT2D eigenvalue weighted by molar-refractivity contribution is -0.0613. The van der Waals surface area contributed by atoms with E-state index in [1.807, 2.05) is 0 Å². The third-order valence-electron chi connectivity index (χ3n) is 4.12. The number of nitrogens with zero attached hydrogens (tertiary/aromatic N) is 3. The van der Waals surface area contributed by atoms with E-state index in [-0.39, 0.29) is 24.2 Å². The molecular formula is C19H24FN3O3. The van der Waals surface area contributed by atoms with Crippen molar-refractivity contribution in [3.63, 3.8) is 0 Å². The SMILES string of the molecule is CC(C)CN1CCOC(COC(=O)c2ccn(-c3cccc(F)c3)n2)C1. The Morgan fingerprint density at radius 3 is 3.04 bits per heavy atom. The van der Waals surface area contributed by atoms with E-state index in [9.17, 15) is 9.18 Å². The summed E-state index contributed by atoms with van der Waals surface area (Å²) >= 11 is 0. The zero-order valence-corrected chi connectivity index (χ0v) is 15.1. The number of ether oxygens (including phenoxy) is 2. The smallest absolute Gasteiger partial charge is 0.358 e. The van der Waals surface area contributed by atoms with Gasteiger partial charge in [-0.05, 0) is 30.2 Å². The van der Waals surface area contributed by atoms with Crippen LogP contribution in [0.4, 0.5) is 4.39 Å². The second-order valence-electron chi connectivity index (χ2n) is 6.87. The van der Waals surface area contributed by atoms with E-state index >= 15 is 0 Å². The molecule has 1 saturated heterocycles. The van der Waals surface area contributed by atoms with Crippen LogP contribution in [0.15, 0.2) is 36.5 Å². The van der Waals surface area contributed by atoms with Gasteiger partial charge in [0.1, 0.15) is 18.5 Å². The first-order valence-electron chi connectivity index (χ1n) is 8.84. The van der Waals surface area contributed by atoms with Crippen molar-refractivity contribution in [2.45, 2.75) is 20.0 Å². The molecule has 140 valence electrons. The standard InChI is InChI=1S/C19H24FN3O3/c1-14(2)11-22-8-9-25-17(12-22)13-26-19(24)18-6-7-23(21-18)16-5-3-4-15(20)10-16/h3-7,10,14,17H,8-9,11-13H2,1-2H3. The molecule has 1 aliphatic rings. The monoisotopic (exact) mass is 361 g/mol. The normalized spacial score (nSPS) is 18.2. The van der Waals surface area contributed by atoms with Crippen LogP contribution < -0.4 is 0 Å². The van der Waals surface area contributed by atoms with Gasteiger partial charge in [0.15, 0.2) is 5.69 Å². The van der Waals surface area contributed by atoms with E-state index in [0.717, 1.165) is 19.6 Å². The molecule has 1 atom stereocenters. The summed E-state index contributed by atoms with van der Waals surface area (Å²) in [5.41, 5.74) is 0.730. The van der Waals surface area contributed by atoms with Gasteiger partial charge in [0.2, 0.25) is 0 Å². The van der Waals surface area contributed by atoms with Crippen LogP contribution in [0.5, 0.6) is 0 Å². The van der Waals surface area contributed by atoms with Crippen molar-refractivity contribution in [3.8, 4) is 5.69 Å². The number of halogens is 1. The molecule has 1 unspecified atom stereocenters. The minimum absolute atomic E-state index is 0.128. The number of carbonyl (C=O) groups excluding carboxylic acids is 1. The molecule has 1 aromatic carbocycles. The van der Waals surface area contributed by atoms with Gasteiger partial charge >= 0.3 is 5.97 Å². The summed E-state index contributed by atoms with van der Waals surface area (Å²) in [6.45, 7) is 7.86. The Morgan fingerprint density at radius 1 is 1.42 bits per heavy atom. The molecule has 0 bridgehead atoms. The second kappa shape index (κ2) is 8.42. The third-order valence-corrected chi connectivity index (χ3v) is 4.12. The van der Waals surface area contributed by atoms with Crippen LogP contribution in [0.2, 0.25) is 0 Å². The highest BCUT2D eigenvalue weighted by Gasteiger charge is 2.23. The van der Waals surface area contributed by atoms with E-state index in [1.165, 1.54) is 16.8 Å². The van der Waals surface area contributed by atoms with Gasteiger partial charge in [-0.1, -0.05) is 19.9 Å². The molecule has 7 heteroatoms. The van der Waals surface area contributed by atoms with Gasteiger partial charge < -0.3 is 9.47 Å². The highest BCUT2D eigenvalue weighted by Crippen LogP contribution is 2.12. The molecule has 1 fully saturated rings. The van der Waals surface area contributed by atoms with E-state index < -0.39 is 5.97 Å². The third kappa shape index (κ3) is 4.89. The maximum atomic E-state index is 13.3. The van der Waals surface area contributed by atoms with E-state index in [2.05, 4.69) is 23.8 Å². The van der Waals surface area contributed by atoms with E-state index in [1.54, 1.807) is 24.4 Å². The van der Waals surface area contributed by atoms with Crippen LogP contribution in [0, 0.1) is 11.7 Å². The summed E-state index contributed by atoms with van der Waals surface area (Å²) in [7, 11) is 0. The summed E-state index contributed by atoms with van der Waals surface area (Å²) in [4.78, 5) is 14.5. The predicted octanol–water partition coefficient (Wildman–Crippen LogP) is 2.53. The van der Waals surface area contributed by atoms with Crippen LogP contribution in [0.3, 0.4) is 0 Å². The Hall–Kier alpha value is -2.25. The summed E-state index contributed by atoms with van der Waals surface area (Å²) < 4.78 is 25.8. The Balaban J connectivity index is 1.54. The molecule has 0 radical (unpaired) electrons. The van der Waals surface area contributed by atoms with Crippen molar-refractivity contribution in [1.29, 1.82) is 0 Å². The van der Waals surface area contributed by atoms with Gasteiger partial charge in [-0.15, -0.1) is 0 Å². The van der Waals surface area contributed by atoms with Crippen LogP contribution in [-0.2, 0) is 9.47 Å². The zero-order valence-electron chi connectivity index (χ0n) is 15.1. The van der Waals surface area contributed by atoms with Crippen LogP contribution >= 0.6 is 0 Å². The van der Waals surface area contributed by atoms with Gasteiger partial charge in [0.25, 0.3) is 0 Å². The molecular weight excluding hydrogens is 337 g/mol. The summed E-state index contributed by atoms with van der Waals surface area (Å²) in [5, 5.41) is 4.16. The number of aromatic nitrogens is 2. The maximum Gasteiger partial charge on any atom is 0.358 e. The number of benzene rings is 1. The number of rotatable bonds is 6. The van der Waals surface area contributed by atoms with Gasteiger partial charge in [-0.2, -0.15) is 5.10 Å². The van der Waals surface area contributed by atoms with Crippen LogP contribution in [0.25, 0.3) is 5.69 Å². The minimum Gasteiger partial charge on any atom is -0.458 e. The van der Waals surface area contributed by atoms with Crippen molar-refractivity contribution >= 4 is 5.97 Å². The van der Waals surface area contributed by atoms with Crippen LogP contribution in [-0.4, -0.2) is 59.6 Å². The summed E-state index contributed by atoms with van der Waals surface area (Å²) in [5.74, 6) is -0.282. The average Bonchev–Trinajstić information content (AvgIpc) is 3.10. The van der Waals surface area contributed by atoms with Gasteiger partial charge in [0, 0.05) is 25.8 Å². The largest absolute Gasteiger partial charge is 0.458 e. The predicted molar refractivity (Wildman–Crippen MR) is 94.8 cm³/mol. The minimum atomic E-state index is -0.510. The van der Waals surface area contributed by atoms with Crippen molar-refractivity contribution in [2.75, 3.05) is 32.8 Å². The number of carbonyl (C=O) groups is 1. The van der Waals surface area contributed by atoms with Crippen molar-refractivity contribution in [1.82, 2.24) is 14.7 Å². The molecule has 1 aromatic heterocycles. The molecule has 6 nitrogen and oxygen atoms in total. The first-order valence-corrected chi connectivity index (χ1v) is 8.84. The summed E-state index contributed by atoms with van der Waals surface area (Å²) in [6, 6.07) is 7.56. The lowest BCUT2D eigenvalue weighted by Crippen LogP contribution is -2.45. The number of hydrogen-bond donors (Lipinski definition) is 0. The zero-order chi connectivity index (χ0) is 18.5. The topological polar surface area (TPSA) is 56.6 Å². The molecule has 0 aliphatic carbocycles. The lowest BCUT2D eigenvalue weighted by Gasteiger charge is -2.33. The van der Waals surface area contributed by atoms with Gasteiger partial charge in [-0.3, -0.25) is 4.90 Å². The fourth-order valence-electron chi connectivity index (χ4n) is 3.00. The fourth-order valence-corrected chi connectivity index (χ4v) is 3.00. The number of esters is 1. The first-order chi connectivity index (χ1) is 12.5. The van der Waals surface area contributed by atoms with Gasteiger partial charge in [0.05, 0.1) is 12.3 Å². The van der Waals surface area contributed by atoms with E-state index in [4.69, 9.17) is 9.47 Å². The Morgan fingerprint density at radius 2 is 2.27 bits per heavy atom. The highest BCUT2D eigenvalue weighted by molar-refractivity contribution is 5.87. The summed E-state index contributed by atoms with van der Waals surface area (Å²) in [6.07, 6.45) is 1.48. The molecule has 0 N–H and O–H groups in total. The van der Waals surface area contributed by atoms with Crippen LogP contribution in [0.1, 0.15) is 24.3 Å². The molecule has 2 heterocycles. The Labute approximate surface area is 152 Å². The average molecular weight is 361 g/mol. The highest BCUT2D eigenvalue weighted by atomic mass is 19.1. The number of hydrogen-bond acceptors (Lipinski definition) is 5. The fraction of sp³-hybridized carbons (Fsp3) is 0.474. The molecule has 1 aliphatic heterocycles. The van der Waals surface area contributed by atoms with Crippen molar-refractivity contribution < 1.29 is 18.7 Å². The first kappa shape index (κ1) is 18.5. The maximum absolute atomic E-state index is 13.3. The van der Waals surface area contributed by atoms with Gasteiger partial charge in [-0.25, -0.2) is 13.9 Å². The molecule has 26 heavy (non-hydrogen) atoms. The Bertz CT molecular complexity index is 747. The molecule has 0 spiro atoms.